The molecule has 0 unspecified atom stereocenters. The van der Waals surface area contributed by atoms with E-state index in [-0.39, 0.29) is 24.3 Å². The van der Waals surface area contributed by atoms with Crippen LogP contribution in [0.1, 0.15) is 6.42 Å². The predicted molar refractivity (Wildman–Crippen MR) is 55.4 cm³/mol. The number of benzene rings is 1. The molecule has 16 heavy (non-hydrogen) atoms. The van der Waals surface area contributed by atoms with Gasteiger partial charge in [-0.2, -0.15) is 0 Å². The van der Waals surface area contributed by atoms with Crippen LogP contribution < -0.4 is 11.1 Å². The lowest BCUT2D eigenvalue weighted by atomic mass is 10.2. The summed E-state index contributed by atoms with van der Waals surface area (Å²) < 4.78 is 12.9. The molecule has 0 atom stereocenters. The number of carbonyl (C=O) groups excluding carboxylic acids is 1. The second kappa shape index (κ2) is 5.06. The standard InChI is InChI=1S/C9H10FN3O3/c10-6-3-7(12-2-1-9(11)14)5-8(4-6)13(15)16/h3-5,12H,1-2H2,(H2,11,14). The monoisotopic (exact) mass is 227 g/mol. The number of anilines is 1. The zero-order valence-corrected chi connectivity index (χ0v) is 8.27. The van der Waals surface area contributed by atoms with Crippen molar-refractivity contribution >= 4 is 17.3 Å². The van der Waals surface area contributed by atoms with Crippen molar-refractivity contribution in [1.82, 2.24) is 0 Å². The molecule has 0 aromatic heterocycles. The van der Waals surface area contributed by atoms with E-state index in [1.54, 1.807) is 0 Å². The van der Waals surface area contributed by atoms with E-state index in [2.05, 4.69) is 5.32 Å². The Labute approximate surface area is 90.4 Å². The Balaban J connectivity index is 2.72. The number of nitrogens with one attached hydrogen (secondary N) is 1. The summed E-state index contributed by atoms with van der Waals surface area (Å²) in [5.41, 5.74) is 4.80. The van der Waals surface area contributed by atoms with Crippen molar-refractivity contribution in [3.8, 4) is 0 Å². The van der Waals surface area contributed by atoms with E-state index in [1.165, 1.54) is 6.07 Å². The molecule has 0 aliphatic carbocycles. The smallest absolute Gasteiger partial charge is 0.274 e. The maximum absolute atomic E-state index is 12.9. The summed E-state index contributed by atoms with van der Waals surface area (Å²) in [5.74, 6) is -1.21. The Morgan fingerprint density at radius 3 is 2.75 bits per heavy atom. The molecule has 0 spiro atoms. The van der Waals surface area contributed by atoms with Gasteiger partial charge in [-0.25, -0.2) is 4.39 Å². The van der Waals surface area contributed by atoms with Crippen LogP contribution in [-0.2, 0) is 4.79 Å². The fourth-order valence-corrected chi connectivity index (χ4v) is 1.11. The van der Waals surface area contributed by atoms with Crippen LogP contribution >= 0.6 is 0 Å². The summed E-state index contributed by atoms with van der Waals surface area (Å²) in [5, 5.41) is 13.1. The maximum Gasteiger partial charge on any atom is 0.274 e. The van der Waals surface area contributed by atoms with Gasteiger partial charge in [-0.15, -0.1) is 0 Å². The summed E-state index contributed by atoms with van der Waals surface area (Å²) in [6, 6.07) is 3.11. The third-order valence-electron chi connectivity index (χ3n) is 1.79. The lowest BCUT2D eigenvalue weighted by molar-refractivity contribution is -0.385. The molecule has 1 aromatic rings. The minimum absolute atomic E-state index is 0.0737. The molecular formula is C9H10FN3O3. The molecule has 3 N–H and O–H groups in total. The van der Waals surface area contributed by atoms with E-state index in [0.717, 1.165) is 12.1 Å². The van der Waals surface area contributed by atoms with Crippen molar-refractivity contribution in [1.29, 1.82) is 0 Å². The van der Waals surface area contributed by atoms with Crippen molar-refractivity contribution in [2.75, 3.05) is 11.9 Å². The molecule has 0 fully saturated rings. The summed E-state index contributed by atoms with van der Waals surface area (Å²) in [6.45, 7) is 0.204. The molecule has 0 saturated heterocycles. The molecule has 0 radical (unpaired) electrons. The Kier molecular flexibility index (Phi) is 3.76. The molecule has 6 nitrogen and oxygen atoms in total. The van der Waals surface area contributed by atoms with E-state index in [4.69, 9.17) is 5.73 Å². The highest BCUT2D eigenvalue weighted by Gasteiger charge is 2.09. The molecule has 1 rings (SSSR count). The molecule has 0 heterocycles. The third kappa shape index (κ3) is 3.52. The van der Waals surface area contributed by atoms with E-state index in [1.807, 2.05) is 0 Å². The first-order valence-corrected chi connectivity index (χ1v) is 4.46. The van der Waals surface area contributed by atoms with Gasteiger partial charge in [0.2, 0.25) is 5.91 Å². The first-order chi connectivity index (χ1) is 7.49. The molecular weight excluding hydrogens is 217 g/mol. The third-order valence-corrected chi connectivity index (χ3v) is 1.79. The molecule has 1 amide bonds. The lowest BCUT2D eigenvalue weighted by Gasteiger charge is -2.04. The van der Waals surface area contributed by atoms with Gasteiger partial charge in [-0.1, -0.05) is 0 Å². The van der Waals surface area contributed by atoms with Crippen LogP contribution in [0.15, 0.2) is 18.2 Å². The van der Waals surface area contributed by atoms with Crippen LogP contribution in [0.3, 0.4) is 0 Å². The first kappa shape index (κ1) is 11.9. The average Bonchev–Trinajstić information content (AvgIpc) is 2.16. The van der Waals surface area contributed by atoms with Crippen molar-refractivity contribution in [3.05, 3.63) is 34.1 Å². The number of rotatable bonds is 5. The number of halogens is 1. The lowest BCUT2D eigenvalue weighted by Crippen LogP contribution is -2.15. The van der Waals surface area contributed by atoms with Gasteiger partial charge in [0.15, 0.2) is 0 Å². The highest BCUT2D eigenvalue weighted by molar-refractivity contribution is 5.74. The summed E-state index contributed by atoms with van der Waals surface area (Å²) in [6.07, 6.45) is 0.0737. The number of carbonyl (C=O) groups is 1. The number of nitrogens with two attached hydrogens (primary N) is 1. The number of primary amides is 1. The summed E-state index contributed by atoms with van der Waals surface area (Å²) in [7, 11) is 0. The van der Waals surface area contributed by atoms with E-state index < -0.39 is 16.6 Å². The van der Waals surface area contributed by atoms with Crippen molar-refractivity contribution in [2.24, 2.45) is 5.73 Å². The van der Waals surface area contributed by atoms with Crippen LogP contribution in [0, 0.1) is 15.9 Å². The van der Waals surface area contributed by atoms with Gasteiger partial charge >= 0.3 is 0 Å². The fraction of sp³-hybridized carbons (Fsp3) is 0.222. The van der Waals surface area contributed by atoms with Crippen LogP contribution in [-0.4, -0.2) is 17.4 Å². The highest BCUT2D eigenvalue weighted by Crippen LogP contribution is 2.19. The topological polar surface area (TPSA) is 98.3 Å². The quantitative estimate of drug-likeness (QED) is 0.579. The van der Waals surface area contributed by atoms with Gasteiger partial charge in [-0.3, -0.25) is 14.9 Å². The van der Waals surface area contributed by atoms with Crippen LogP contribution in [0.2, 0.25) is 0 Å². The van der Waals surface area contributed by atoms with Crippen molar-refractivity contribution in [3.63, 3.8) is 0 Å². The number of hydrogen-bond donors (Lipinski definition) is 2. The predicted octanol–water partition coefficient (Wildman–Crippen LogP) is 1.02. The number of nitrogens with zero attached hydrogens (tertiary/aromatic N) is 1. The number of nitro benzene ring substituents is 1. The Hall–Kier alpha value is -2.18. The average molecular weight is 227 g/mol. The van der Waals surface area contributed by atoms with Crippen LogP contribution in [0.4, 0.5) is 15.8 Å². The number of amides is 1. The molecule has 86 valence electrons. The van der Waals surface area contributed by atoms with Gasteiger partial charge in [-0.05, 0) is 6.07 Å². The normalized spacial score (nSPS) is 9.81. The Bertz CT molecular complexity index is 422. The van der Waals surface area contributed by atoms with Gasteiger partial charge < -0.3 is 11.1 Å². The SMILES string of the molecule is NC(=O)CCNc1cc(F)cc([N+](=O)[O-])c1. The zero-order chi connectivity index (χ0) is 12.1. The van der Waals surface area contributed by atoms with E-state index in [0.29, 0.717) is 0 Å². The number of non-ortho nitro benzene ring substituents is 1. The van der Waals surface area contributed by atoms with Gasteiger partial charge in [0.1, 0.15) is 5.82 Å². The van der Waals surface area contributed by atoms with Crippen molar-refractivity contribution in [2.45, 2.75) is 6.42 Å². The molecule has 7 heteroatoms. The maximum atomic E-state index is 12.9. The minimum atomic E-state index is -0.712. The van der Waals surface area contributed by atoms with Gasteiger partial charge in [0.05, 0.1) is 11.0 Å². The number of nitro groups is 1. The Morgan fingerprint density at radius 2 is 2.19 bits per heavy atom. The minimum Gasteiger partial charge on any atom is -0.384 e. The largest absolute Gasteiger partial charge is 0.384 e. The summed E-state index contributed by atoms with van der Waals surface area (Å²) >= 11 is 0. The van der Waals surface area contributed by atoms with Gasteiger partial charge in [0.25, 0.3) is 5.69 Å². The molecule has 0 aliphatic rings. The highest BCUT2D eigenvalue weighted by atomic mass is 19.1. The molecule has 0 saturated carbocycles. The van der Waals surface area contributed by atoms with Crippen LogP contribution in [0.25, 0.3) is 0 Å². The first-order valence-electron chi connectivity index (χ1n) is 4.46. The van der Waals surface area contributed by atoms with Crippen molar-refractivity contribution < 1.29 is 14.1 Å². The van der Waals surface area contributed by atoms with E-state index >= 15 is 0 Å². The molecule has 1 aromatic carbocycles. The fourth-order valence-electron chi connectivity index (χ4n) is 1.11. The molecule has 0 aliphatic heterocycles. The van der Waals surface area contributed by atoms with Gasteiger partial charge in [0, 0.05) is 24.7 Å². The Morgan fingerprint density at radius 1 is 1.50 bits per heavy atom. The molecule has 0 bridgehead atoms. The summed E-state index contributed by atoms with van der Waals surface area (Å²) in [4.78, 5) is 20.2. The zero-order valence-electron chi connectivity index (χ0n) is 8.27. The second-order valence-corrected chi connectivity index (χ2v) is 3.10. The second-order valence-electron chi connectivity index (χ2n) is 3.10. The van der Waals surface area contributed by atoms with Crippen LogP contribution in [0.5, 0.6) is 0 Å². The van der Waals surface area contributed by atoms with E-state index in [9.17, 15) is 19.3 Å². The number of hydrogen-bond acceptors (Lipinski definition) is 4.